The zero-order chi connectivity index (χ0) is 17.4. The van der Waals surface area contributed by atoms with Crippen molar-refractivity contribution in [2.24, 2.45) is 5.41 Å². The number of hydrogen-bond acceptors (Lipinski definition) is 3. The number of piperidine rings is 1. The van der Waals surface area contributed by atoms with Crippen molar-refractivity contribution < 1.29 is 27.9 Å². The van der Waals surface area contributed by atoms with Crippen molar-refractivity contribution in [2.45, 2.75) is 58.7 Å². The molecule has 1 heterocycles. The Morgan fingerprint density at radius 3 is 2.00 bits per heavy atom. The molecule has 1 saturated heterocycles. The van der Waals surface area contributed by atoms with Gasteiger partial charge in [0.2, 0.25) is 5.91 Å². The first kappa shape index (κ1) is 20.7. The van der Waals surface area contributed by atoms with E-state index in [9.17, 15) is 18.0 Å². The predicted octanol–water partition coefficient (Wildman–Crippen LogP) is 2.31. The molecule has 1 aliphatic rings. The third-order valence-corrected chi connectivity index (χ3v) is 3.05. The molecule has 0 saturated carbocycles. The van der Waals surface area contributed by atoms with Gasteiger partial charge in [-0.25, -0.2) is 4.79 Å². The Morgan fingerprint density at radius 2 is 1.64 bits per heavy atom. The lowest BCUT2D eigenvalue weighted by Crippen LogP contribution is -2.42. The van der Waals surface area contributed by atoms with Gasteiger partial charge in [0, 0.05) is 12.5 Å². The van der Waals surface area contributed by atoms with Gasteiger partial charge in [-0.3, -0.25) is 4.79 Å². The smallest absolute Gasteiger partial charge is 0.475 e. The maximum absolute atomic E-state index is 11.6. The van der Waals surface area contributed by atoms with Crippen LogP contribution in [0.15, 0.2) is 0 Å². The van der Waals surface area contributed by atoms with Gasteiger partial charge in [-0.15, -0.1) is 0 Å². The summed E-state index contributed by atoms with van der Waals surface area (Å²) in [5.74, 6) is -2.54. The third-order valence-electron chi connectivity index (χ3n) is 3.05. The average Bonchev–Trinajstić information content (AvgIpc) is 2.36. The second kappa shape index (κ2) is 8.97. The van der Waals surface area contributed by atoms with Crippen LogP contribution in [-0.2, 0) is 9.59 Å². The van der Waals surface area contributed by atoms with Crippen LogP contribution in [0.25, 0.3) is 0 Å². The van der Waals surface area contributed by atoms with Gasteiger partial charge in [0.15, 0.2) is 0 Å². The van der Waals surface area contributed by atoms with Crippen molar-refractivity contribution >= 4 is 11.9 Å². The van der Waals surface area contributed by atoms with Gasteiger partial charge in [0.05, 0.1) is 0 Å². The monoisotopic (exact) mass is 326 g/mol. The third kappa shape index (κ3) is 11.4. The number of carboxylic acids is 1. The number of aliphatic carboxylic acids is 1. The number of carbonyl (C=O) groups is 2. The molecule has 5 nitrogen and oxygen atoms in total. The highest BCUT2D eigenvalue weighted by molar-refractivity contribution is 5.76. The number of alkyl halides is 3. The Balaban J connectivity index is 0.000000534. The lowest BCUT2D eigenvalue weighted by Gasteiger charge is -2.24. The molecule has 130 valence electrons. The Bertz CT molecular complexity index is 359. The van der Waals surface area contributed by atoms with E-state index in [2.05, 4.69) is 31.4 Å². The van der Waals surface area contributed by atoms with E-state index in [1.165, 1.54) is 0 Å². The zero-order valence-electron chi connectivity index (χ0n) is 13.2. The normalized spacial score (nSPS) is 16.5. The van der Waals surface area contributed by atoms with E-state index >= 15 is 0 Å². The highest BCUT2D eigenvalue weighted by Gasteiger charge is 2.38. The molecule has 3 N–H and O–H groups in total. The summed E-state index contributed by atoms with van der Waals surface area (Å²) in [6.07, 6.45) is -1.32. The SMILES string of the molecule is CC(C)(C)CCC(=O)NC1CCNCC1.O=C(O)C(F)(F)F. The molecule has 0 aliphatic carbocycles. The second-order valence-corrected chi connectivity index (χ2v) is 6.46. The molecule has 0 bridgehead atoms. The molecule has 1 aliphatic heterocycles. The molecular formula is C14H25F3N2O3. The fraction of sp³-hybridized carbons (Fsp3) is 0.857. The summed E-state index contributed by atoms with van der Waals surface area (Å²) in [4.78, 5) is 20.5. The number of carbonyl (C=O) groups excluding carboxylic acids is 1. The van der Waals surface area contributed by atoms with Crippen LogP contribution in [0, 0.1) is 5.41 Å². The molecule has 22 heavy (non-hydrogen) atoms. The Labute approximate surface area is 128 Å². The van der Waals surface area contributed by atoms with Crippen LogP contribution in [-0.4, -0.2) is 42.3 Å². The fourth-order valence-electron chi connectivity index (χ4n) is 1.75. The minimum Gasteiger partial charge on any atom is -0.475 e. The van der Waals surface area contributed by atoms with Crippen LogP contribution in [0.1, 0.15) is 46.5 Å². The van der Waals surface area contributed by atoms with E-state index in [1.54, 1.807) is 0 Å². The summed E-state index contributed by atoms with van der Waals surface area (Å²) in [5.41, 5.74) is 0.255. The molecule has 0 atom stereocenters. The summed E-state index contributed by atoms with van der Waals surface area (Å²) in [6.45, 7) is 8.58. The van der Waals surface area contributed by atoms with Crippen molar-refractivity contribution in [3.63, 3.8) is 0 Å². The van der Waals surface area contributed by atoms with Crippen molar-refractivity contribution in [3.8, 4) is 0 Å². The molecule has 0 radical (unpaired) electrons. The van der Waals surface area contributed by atoms with E-state index in [-0.39, 0.29) is 11.3 Å². The minimum atomic E-state index is -5.08. The van der Waals surface area contributed by atoms with Crippen molar-refractivity contribution in [1.29, 1.82) is 0 Å². The second-order valence-electron chi connectivity index (χ2n) is 6.46. The van der Waals surface area contributed by atoms with Crippen LogP contribution in [0.3, 0.4) is 0 Å². The van der Waals surface area contributed by atoms with Gasteiger partial charge in [-0.05, 0) is 37.8 Å². The maximum Gasteiger partial charge on any atom is 0.490 e. The minimum absolute atomic E-state index is 0.219. The summed E-state index contributed by atoms with van der Waals surface area (Å²) in [7, 11) is 0. The number of amides is 1. The molecule has 0 unspecified atom stereocenters. The van der Waals surface area contributed by atoms with Crippen LogP contribution in [0.4, 0.5) is 13.2 Å². The fourth-order valence-corrected chi connectivity index (χ4v) is 1.75. The summed E-state index contributed by atoms with van der Waals surface area (Å²) in [5, 5.41) is 13.5. The quantitative estimate of drug-likeness (QED) is 0.744. The predicted molar refractivity (Wildman–Crippen MR) is 76.4 cm³/mol. The Hall–Kier alpha value is -1.31. The van der Waals surface area contributed by atoms with Crippen LogP contribution < -0.4 is 10.6 Å². The standard InChI is InChI=1S/C12H24N2O.C2HF3O2/c1-12(2,3)7-4-11(15)14-10-5-8-13-9-6-10;3-2(4,5)1(6)7/h10,13H,4-9H2,1-3H3,(H,14,15);(H,6,7). The van der Waals surface area contributed by atoms with E-state index in [1.807, 2.05) is 0 Å². The van der Waals surface area contributed by atoms with Crippen molar-refractivity contribution in [1.82, 2.24) is 10.6 Å². The molecule has 0 aromatic carbocycles. The maximum atomic E-state index is 11.6. The number of nitrogens with one attached hydrogen (secondary N) is 2. The highest BCUT2D eigenvalue weighted by atomic mass is 19.4. The zero-order valence-corrected chi connectivity index (χ0v) is 13.2. The molecule has 0 aromatic rings. The first-order chi connectivity index (χ1) is 9.92. The van der Waals surface area contributed by atoms with Gasteiger partial charge in [0.25, 0.3) is 0 Å². The van der Waals surface area contributed by atoms with E-state index in [0.29, 0.717) is 12.5 Å². The number of carboxylic acid groups (broad SMARTS) is 1. The number of hydrogen-bond donors (Lipinski definition) is 3. The van der Waals surface area contributed by atoms with Gasteiger partial charge in [0.1, 0.15) is 0 Å². The topological polar surface area (TPSA) is 78.4 Å². The Kier molecular flexibility index (Phi) is 8.44. The lowest BCUT2D eigenvalue weighted by molar-refractivity contribution is -0.192. The molecule has 0 spiro atoms. The highest BCUT2D eigenvalue weighted by Crippen LogP contribution is 2.20. The summed E-state index contributed by atoms with van der Waals surface area (Å²) >= 11 is 0. The lowest BCUT2D eigenvalue weighted by atomic mass is 9.90. The van der Waals surface area contributed by atoms with Crippen LogP contribution in [0.5, 0.6) is 0 Å². The number of rotatable bonds is 3. The van der Waals surface area contributed by atoms with Crippen LogP contribution >= 0.6 is 0 Å². The molecule has 1 rings (SSSR count). The van der Waals surface area contributed by atoms with Crippen molar-refractivity contribution in [2.75, 3.05) is 13.1 Å². The first-order valence-electron chi connectivity index (χ1n) is 7.22. The largest absolute Gasteiger partial charge is 0.490 e. The summed E-state index contributed by atoms with van der Waals surface area (Å²) < 4.78 is 31.7. The van der Waals surface area contributed by atoms with Gasteiger partial charge in [-0.1, -0.05) is 20.8 Å². The molecule has 8 heteroatoms. The van der Waals surface area contributed by atoms with E-state index in [0.717, 1.165) is 32.4 Å². The summed E-state index contributed by atoms with van der Waals surface area (Å²) in [6, 6.07) is 0.402. The van der Waals surface area contributed by atoms with Crippen LogP contribution in [0.2, 0.25) is 0 Å². The van der Waals surface area contributed by atoms with Gasteiger partial charge < -0.3 is 15.7 Å². The molecule has 1 amide bonds. The van der Waals surface area contributed by atoms with Gasteiger partial charge >= 0.3 is 12.1 Å². The Morgan fingerprint density at radius 1 is 1.18 bits per heavy atom. The first-order valence-corrected chi connectivity index (χ1v) is 7.22. The average molecular weight is 326 g/mol. The van der Waals surface area contributed by atoms with E-state index < -0.39 is 12.1 Å². The number of halogens is 3. The van der Waals surface area contributed by atoms with E-state index in [4.69, 9.17) is 9.90 Å². The van der Waals surface area contributed by atoms with Gasteiger partial charge in [-0.2, -0.15) is 13.2 Å². The van der Waals surface area contributed by atoms with Crippen molar-refractivity contribution in [3.05, 3.63) is 0 Å². The molecule has 1 fully saturated rings. The molecular weight excluding hydrogens is 301 g/mol. The molecule has 0 aromatic heterocycles.